The van der Waals surface area contributed by atoms with Crippen LogP contribution >= 0.6 is 0 Å². The van der Waals surface area contributed by atoms with Crippen molar-refractivity contribution in [3.8, 4) is 0 Å². The van der Waals surface area contributed by atoms with Crippen molar-refractivity contribution in [1.82, 2.24) is 15.1 Å². The second kappa shape index (κ2) is 5.34. The molecule has 2 N–H and O–H groups in total. The summed E-state index contributed by atoms with van der Waals surface area (Å²) < 4.78 is 1.45. The number of rotatable bonds is 3. The van der Waals surface area contributed by atoms with E-state index in [2.05, 4.69) is 15.7 Å². The zero-order chi connectivity index (χ0) is 13.8. The lowest BCUT2D eigenvalue weighted by Crippen LogP contribution is -2.18. The minimum absolute atomic E-state index is 0.243. The summed E-state index contributed by atoms with van der Waals surface area (Å²) in [5, 5.41) is 9.20. The maximum absolute atomic E-state index is 12.0. The number of hydrogen-bond donors (Lipinski definition) is 2. The number of amides is 2. The van der Waals surface area contributed by atoms with E-state index in [0.717, 1.165) is 0 Å². The number of aromatic nitrogens is 2. The van der Waals surface area contributed by atoms with Gasteiger partial charge in [-0.3, -0.25) is 14.3 Å². The molecule has 2 aromatic rings. The van der Waals surface area contributed by atoms with Crippen LogP contribution in [0.3, 0.4) is 0 Å². The largest absolute Gasteiger partial charge is 0.354 e. The SMILES string of the molecule is CNC(=O)c1cc(NC(=O)c2ccccc2)n(C)n1. The van der Waals surface area contributed by atoms with E-state index in [9.17, 15) is 9.59 Å². The molecule has 6 nitrogen and oxygen atoms in total. The Hall–Kier alpha value is -2.63. The van der Waals surface area contributed by atoms with Gasteiger partial charge in [0.05, 0.1) is 0 Å². The average Bonchev–Trinajstić information content (AvgIpc) is 2.80. The minimum Gasteiger partial charge on any atom is -0.354 e. The summed E-state index contributed by atoms with van der Waals surface area (Å²) in [6, 6.07) is 10.4. The Labute approximate surface area is 110 Å². The van der Waals surface area contributed by atoms with Gasteiger partial charge in [0.2, 0.25) is 0 Å². The molecule has 19 heavy (non-hydrogen) atoms. The summed E-state index contributed by atoms with van der Waals surface area (Å²) in [7, 11) is 3.19. The Morgan fingerprint density at radius 3 is 2.47 bits per heavy atom. The van der Waals surface area contributed by atoms with Crippen LogP contribution in [0.5, 0.6) is 0 Å². The highest BCUT2D eigenvalue weighted by Crippen LogP contribution is 2.11. The number of benzene rings is 1. The van der Waals surface area contributed by atoms with Gasteiger partial charge >= 0.3 is 0 Å². The maximum atomic E-state index is 12.0. The van der Waals surface area contributed by atoms with E-state index in [4.69, 9.17) is 0 Å². The third-order valence-corrected chi connectivity index (χ3v) is 2.62. The Bertz CT molecular complexity index is 604. The zero-order valence-electron chi connectivity index (χ0n) is 10.7. The van der Waals surface area contributed by atoms with Crippen LogP contribution in [-0.2, 0) is 7.05 Å². The highest BCUT2D eigenvalue weighted by Gasteiger charge is 2.13. The summed E-state index contributed by atoms with van der Waals surface area (Å²) in [5.41, 5.74) is 0.804. The lowest BCUT2D eigenvalue weighted by Gasteiger charge is -2.04. The van der Waals surface area contributed by atoms with Crippen LogP contribution in [0.1, 0.15) is 20.8 Å². The molecule has 0 fully saturated rings. The van der Waals surface area contributed by atoms with Crippen molar-refractivity contribution in [3.63, 3.8) is 0 Å². The number of carbonyl (C=O) groups excluding carboxylic acids is 2. The molecule has 1 aromatic heterocycles. The normalized spacial score (nSPS) is 10.0. The fourth-order valence-corrected chi connectivity index (χ4v) is 1.60. The van der Waals surface area contributed by atoms with Crippen LogP contribution in [0.2, 0.25) is 0 Å². The van der Waals surface area contributed by atoms with Gasteiger partial charge in [0, 0.05) is 25.7 Å². The smallest absolute Gasteiger partial charge is 0.271 e. The molecule has 6 heteroatoms. The van der Waals surface area contributed by atoms with Gasteiger partial charge in [-0.05, 0) is 12.1 Å². The first-order valence-electron chi connectivity index (χ1n) is 5.74. The van der Waals surface area contributed by atoms with Gasteiger partial charge in [0.25, 0.3) is 11.8 Å². The number of carbonyl (C=O) groups is 2. The van der Waals surface area contributed by atoms with Gasteiger partial charge in [0.1, 0.15) is 5.82 Å². The maximum Gasteiger partial charge on any atom is 0.271 e. The van der Waals surface area contributed by atoms with E-state index in [1.54, 1.807) is 31.3 Å². The molecule has 98 valence electrons. The van der Waals surface area contributed by atoms with Crippen molar-refractivity contribution in [2.24, 2.45) is 7.05 Å². The molecule has 0 radical (unpaired) electrons. The van der Waals surface area contributed by atoms with Gasteiger partial charge < -0.3 is 10.6 Å². The molecule has 0 spiro atoms. The molecule has 2 rings (SSSR count). The second-order valence-electron chi connectivity index (χ2n) is 3.94. The van der Waals surface area contributed by atoms with Crippen LogP contribution in [0.15, 0.2) is 36.4 Å². The lowest BCUT2D eigenvalue weighted by atomic mass is 10.2. The van der Waals surface area contributed by atoms with Crippen molar-refractivity contribution < 1.29 is 9.59 Å². The molecular formula is C13H14N4O2. The molecule has 2 amide bonds. The fraction of sp³-hybridized carbons (Fsp3) is 0.154. The standard InChI is InChI=1S/C13H14N4O2/c1-14-13(19)10-8-11(17(2)16-10)15-12(18)9-6-4-3-5-7-9/h3-8H,1-2H3,(H,14,19)(H,15,18). The predicted octanol–water partition coefficient (Wildman–Crippen LogP) is 1.03. The Balaban J connectivity index is 2.18. The molecule has 0 aliphatic rings. The topological polar surface area (TPSA) is 76.0 Å². The first-order valence-corrected chi connectivity index (χ1v) is 5.74. The molecular weight excluding hydrogens is 244 g/mol. The quantitative estimate of drug-likeness (QED) is 0.863. The molecule has 1 heterocycles. The number of aryl methyl sites for hydroxylation is 1. The Morgan fingerprint density at radius 2 is 1.84 bits per heavy atom. The Morgan fingerprint density at radius 1 is 1.16 bits per heavy atom. The summed E-state index contributed by atoms with van der Waals surface area (Å²) in [5.74, 6) is -0.0738. The van der Waals surface area contributed by atoms with E-state index in [0.29, 0.717) is 11.4 Å². The van der Waals surface area contributed by atoms with Crippen LogP contribution in [0, 0.1) is 0 Å². The lowest BCUT2D eigenvalue weighted by molar-refractivity contribution is 0.0956. The molecule has 1 aromatic carbocycles. The van der Waals surface area contributed by atoms with Crippen molar-refractivity contribution in [2.45, 2.75) is 0 Å². The van der Waals surface area contributed by atoms with Gasteiger partial charge in [-0.15, -0.1) is 0 Å². The van der Waals surface area contributed by atoms with Crippen LogP contribution in [-0.4, -0.2) is 28.6 Å². The van der Waals surface area contributed by atoms with E-state index >= 15 is 0 Å². The van der Waals surface area contributed by atoms with E-state index < -0.39 is 0 Å². The first kappa shape index (κ1) is 12.8. The second-order valence-corrected chi connectivity index (χ2v) is 3.94. The monoisotopic (exact) mass is 258 g/mol. The van der Waals surface area contributed by atoms with Crippen LogP contribution in [0.25, 0.3) is 0 Å². The minimum atomic E-state index is -0.296. The third-order valence-electron chi connectivity index (χ3n) is 2.62. The first-order chi connectivity index (χ1) is 9.11. The molecule has 0 unspecified atom stereocenters. The van der Waals surface area contributed by atoms with E-state index in [1.807, 2.05) is 6.07 Å². The molecule has 0 saturated carbocycles. The summed E-state index contributed by atoms with van der Waals surface area (Å²) in [6.45, 7) is 0. The summed E-state index contributed by atoms with van der Waals surface area (Å²) >= 11 is 0. The van der Waals surface area contributed by atoms with E-state index in [-0.39, 0.29) is 17.5 Å². The predicted molar refractivity (Wildman–Crippen MR) is 71.0 cm³/mol. The average molecular weight is 258 g/mol. The van der Waals surface area contributed by atoms with Gasteiger partial charge in [0.15, 0.2) is 5.69 Å². The Kier molecular flexibility index (Phi) is 3.61. The molecule has 0 aliphatic carbocycles. The number of nitrogens with one attached hydrogen (secondary N) is 2. The highest BCUT2D eigenvalue weighted by atomic mass is 16.2. The van der Waals surface area contributed by atoms with E-state index in [1.165, 1.54) is 17.8 Å². The fourth-order valence-electron chi connectivity index (χ4n) is 1.60. The molecule has 0 saturated heterocycles. The number of nitrogens with zero attached hydrogens (tertiary/aromatic N) is 2. The molecule has 0 atom stereocenters. The van der Waals surface area contributed by atoms with Crippen molar-refractivity contribution in [3.05, 3.63) is 47.7 Å². The van der Waals surface area contributed by atoms with Gasteiger partial charge in [-0.1, -0.05) is 18.2 Å². The number of anilines is 1. The highest BCUT2D eigenvalue weighted by molar-refractivity contribution is 6.04. The van der Waals surface area contributed by atoms with Crippen molar-refractivity contribution in [2.75, 3.05) is 12.4 Å². The van der Waals surface area contributed by atoms with Gasteiger partial charge in [-0.25, -0.2) is 0 Å². The van der Waals surface area contributed by atoms with Crippen molar-refractivity contribution >= 4 is 17.6 Å². The van der Waals surface area contributed by atoms with Crippen LogP contribution < -0.4 is 10.6 Å². The molecule has 0 aliphatic heterocycles. The van der Waals surface area contributed by atoms with Crippen LogP contribution in [0.4, 0.5) is 5.82 Å². The number of hydrogen-bond acceptors (Lipinski definition) is 3. The van der Waals surface area contributed by atoms with Gasteiger partial charge in [-0.2, -0.15) is 5.10 Å². The summed E-state index contributed by atoms with van der Waals surface area (Å²) in [4.78, 5) is 23.4. The third kappa shape index (κ3) is 2.79. The molecule has 0 bridgehead atoms. The zero-order valence-corrected chi connectivity index (χ0v) is 10.7. The summed E-state index contributed by atoms with van der Waals surface area (Å²) in [6.07, 6.45) is 0. The van der Waals surface area contributed by atoms with Crippen molar-refractivity contribution in [1.29, 1.82) is 0 Å².